The molecule has 0 spiro atoms. The molecule has 1 aromatic rings. The molecule has 0 saturated heterocycles. The van der Waals surface area contributed by atoms with Gasteiger partial charge in [0.2, 0.25) is 0 Å². The molecule has 0 saturated carbocycles. The van der Waals surface area contributed by atoms with Gasteiger partial charge in [-0.1, -0.05) is 18.2 Å². The summed E-state index contributed by atoms with van der Waals surface area (Å²) in [6.07, 6.45) is -2.11. The molecule has 0 heterocycles. The number of allylic oxidation sites excluding steroid dienone is 1. The third-order valence-corrected chi connectivity index (χ3v) is 3.68. The van der Waals surface area contributed by atoms with E-state index in [1.807, 2.05) is 0 Å². The molecule has 2 unspecified atom stereocenters. The SMILES string of the molecule is O=C(O)C1C=CC(Oc2ccccc2C(F)(F)F)=CC1(Cl)[N+](=O)[O-]. The fourth-order valence-electron chi connectivity index (χ4n) is 2.07. The van der Waals surface area contributed by atoms with E-state index >= 15 is 0 Å². The van der Waals surface area contributed by atoms with Crippen molar-refractivity contribution >= 4 is 17.6 Å². The van der Waals surface area contributed by atoms with Gasteiger partial charge in [-0.25, -0.2) is 0 Å². The molecule has 10 heteroatoms. The summed E-state index contributed by atoms with van der Waals surface area (Å²) in [6.45, 7) is 0. The fourth-order valence-corrected chi connectivity index (χ4v) is 2.34. The first-order valence-electron chi connectivity index (χ1n) is 6.37. The number of nitro groups is 1. The van der Waals surface area contributed by atoms with Gasteiger partial charge in [-0.05, 0) is 29.8 Å². The average Bonchev–Trinajstić information content (AvgIpc) is 2.46. The topological polar surface area (TPSA) is 89.7 Å². The van der Waals surface area contributed by atoms with Crippen LogP contribution in [-0.4, -0.2) is 21.0 Å². The highest BCUT2D eigenvalue weighted by Crippen LogP contribution is 2.39. The first-order chi connectivity index (χ1) is 11.1. The van der Waals surface area contributed by atoms with Crippen LogP contribution in [0.1, 0.15) is 5.56 Å². The van der Waals surface area contributed by atoms with Crippen LogP contribution in [0.15, 0.2) is 48.3 Å². The molecule has 1 aliphatic rings. The van der Waals surface area contributed by atoms with Crippen molar-refractivity contribution in [2.75, 3.05) is 0 Å². The predicted octanol–water partition coefficient (Wildman–Crippen LogP) is 3.45. The Morgan fingerprint density at radius 1 is 1.38 bits per heavy atom. The molecule has 0 amide bonds. The Morgan fingerprint density at radius 3 is 2.54 bits per heavy atom. The van der Waals surface area contributed by atoms with E-state index < -0.39 is 39.3 Å². The van der Waals surface area contributed by atoms with Gasteiger partial charge in [0.1, 0.15) is 11.5 Å². The summed E-state index contributed by atoms with van der Waals surface area (Å²) in [5.41, 5.74) is -1.08. The van der Waals surface area contributed by atoms with E-state index in [1.165, 1.54) is 6.07 Å². The van der Waals surface area contributed by atoms with Gasteiger partial charge in [0.15, 0.2) is 5.92 Å². The van der Waals surface area contributed by atoms with Crippen LogP contribution in [0.3, 0.4) is 0 Å². The summed E-state index contributed by atoms with van der Waals surface area (Å²) in [5, 5.41) is 20.1. The van der Waals surface area contributed by atoms with E-state index in [2.05, 4.69) is 0 Å². The maximum atomic E-state index is 12.9. The van der Waals surface area contributed by atoms with Crippen molar-refractivity contribution in [1.82, 2.24) is 0 Å². The molecular weight excluding hydrogens is 355 g/mol. The molecule has 0 aliphatic heterocycles. The number of carboxylic acids is 1. The van der Waals surface area contributed by atoms with Crippen LogP contribution in [0.25, 0.3) is 0 Å². The van der Waals surface area contributed by atoms with Crippen LogP contribution >= 0.6 is 11.6 Å². The number of aliphatic carboxylic acids is 1. The van der Waals surface area contributed by atoms with Gasteiger partial charge in [0.25, 0.3) is 0 Å². The van der Waals surface area contributed by atoms with Crippen LogP contribution in [-0.2, 0) is 11.0 Å². The molecule has 128 valence electrons. The number of ether oxygens (including phenoxy) is 1. The third kappa shape index (κ3) is 3.35. The summed E-state index contributed by atoms with van der Waals surface area (Å²) in [6, 6.07) is 4.26. The van der Waals surface area contributed by atoms with Crippen LogP contribution in [0, 0.1) is 16.0 Å². The van der Waals surface area contributed by atoms with Gasteiger partial charge < -0.3 is 9.84 Å². The Kier molecular flexibility index (Phi) is 4.57. The van der Waals surface area contributed by atoms with Gasteiger partial charge in [-0.3, -0.25) is 14.9 Å². The largest absolute Gasteiger partial charge is 0.481 e. The van der Waals surface area contributed by atoms with E-state index in [0.717, 1.165) is 30.4 Å². The molecule has 2 rings (SSSR count). The minimum Gasteiger partial charge on any atom is -0.481 e. The molecule has 0 aromatic heterocycles. The lowest BCUT2D eigenvalue weighted by Gasteiger charge is -2.24. The second-order valence-electron chi connectivity index (χ2n) is 4.80. The number of hydrogen-bond acceptors (Lipinski definition) is 4. The lowest BCUT2D eigenvalue weighted by molar-refractivity contribution is -0.533. The summed E-state index contributed by atoms with van der Waals surface area (Å²) in [7, 11) is 0. The Bertz CT molecular complexity index is 746. The summed E-state index contributed by atoms with van der Waals surface area (Å²) >= 11 is 5.75. The van der Waals surface area contributed by atoms with Crippen molar-refractivity contribution in [2.24, 2.45) is 5.92 Å². The number of para-hydroxylation sites is 1. The van der Waals surface area contributed by atoms with Crippen molar-refractivity contribution in [3.8, 4) is 5.75 Å². The van der Waals surface area contributed by atoms with Crippen LogP contribution < -0.4 is 4.74 Å². The minimum atomic E-state index is -4.69. The van der Waals surface area contributed by atoms with Crippen LogP contribution in [0.5, 0.6) is 5.75 Å². The zero-order valence-electron chi connectivity index (χ0n) is 11.7. The van der Waals surface area contributed by atoms with E-state index in [-0.39, 0.29) is 5.76 Å². The van der Waals surface area contributed by atoms with Crippen molar-refractivity contribution in [1.29, 1.82) is 0 Å². The number of benzene rings is 1. The predicted molar refractivity (Wildman–Crippen MR) is 76.0 cm³/mol. The zero-order chi connectivity index (χ0) is 18.1. The second-order valence-corrected chi connectivity index (χ2v) is 5.41. The third-order valence-electron chi connectivity index (χ3n) is 3.20. The highest BCUT2D eigenvalue weighted by Gasteiger charge is 2.52. The monoisotopic (exact) mass is 363 g/mol. The Labute approximate surface area is 137 Å². The van der Waals surface area contributed by atoms with Crippen molar-refractivity contribution in [3.05, 3.63) is 63.9 Å². The highest BCUT2D eigenvalue weighted by molar-refractivity contribution is 6.25. The lowest BCUT2D eigenvalue weighted by Crippen LogP contribution is -2.43. The summed E-state index contributed by atoms with van der Waals surface area (Å²) in [5.74, 6) is -4.20. The van der Waals surface area contributed by atoms with Crippen molar-refractivity contribution in [2.45, 2.75) is 11.2 Å². The smallest absolute Gasteiger partial charge is 0.419 e. The molecule has 24 heavy (non-hydrogen) atoms. The Hall–Kier alpha value is -2.55. The van der Waals surface area contributed by atoms with E-state index in [9.17, 15) is 28.1 Å². The van der Waals surface area contributed by atoms with E-state index in [4.69, 9.17) is 21.4 Å². The number of nitrogens with zero attached hydrogens (tertiary/aromatic N) is 1. The number of carbonyl (C=O) groups is 1. The molecule has 0 radical (unpaired) electrons. The zero-order valence-corrected chi connectivity index (χ0v) is 12.4. The Morgan fingerprint density at radius 2 is 2.00 bits per heavy atom. The van der Waals surface area contributed by atoms with Crippen molar-refractivity contribution < 1.29 is 32.7 Å². The van der Waals surface area contributed by atoms with Gasteiger partial charge in [-0.2, -0.15) is 13.2 Å². The maximum absolute atomic E-state index is 12.9. The molecular formula is C14H9ClF3NO5. The number of halogens is 4. The fraction of sp³-hybridized carbons (Fsp3) is 0.214. The highest BCUT2D eigenvalue weighted by atomic mass is 35.5. The normalized spacial score (nSPS) is 23.5. The van der Waals surface area contributed by atoms with Crippen molar-refractivity contribution in [3.63, 3.8) is 0 Å². The minimum absolute atomic E-state index is 0.365. The molecule has 0 fully saturated rings. The van der Waals surface area contributed by atoms with Gasteiger partial charge in [-0.15, -0.1) is 0 Å². The van der Waals surface area contributed by atoms with Gasteiger partial charge in [0.05, 0.1) is 11.6 Å². The molecule has 1 N–H and O–H groups in total. The molecule has 6 nitrogen and oxygen atoms in total. The quantitative estimate of drug-likeness (QED) is 0.383. The molecule has 0 bridgehead atoms. The second kappa shape index (κ2) is 6.16. The number of alkyl halides is 4. The number of rotatable bonds is 4. The standard InChI is InChI=1S/C14H9ClF3NO5/c15-13(19(22)23)7-8(5-6-10(13)12(20)21)24-11-4-2-1-3-9(11)14(16,17)18/h1-7,10H,(H,20,21). The number of carboxylic acid groups (broad SMARTS) is 1. The summed E-state index contributed by atoms with van der Waals surface area (Å²) in [4.78, 5) is 18.6. The molecule has 2 atom stereocenters. The molecule has 1 aliphatic carbocycles. The van der Waals surface area contributed by atoms with Gasteiger partial charge >= 0.3 is 17.1 Å². The van der Waals surface area contributed by atoms with E-state index in [1.54, 1.807) is 0 Å². The lowest BCUT2D eigenvalue weighted by atomic mass is 9.94. The number of hydrogen-bond donors (Lipinski definition) is 1. The Balaban J connectivity index is 2.41. The first-order valence-corrected chi connectivity index (χ1v) is 6.75. The van der Waals surface area contributed by atoms with E-state index in [0.29, 0.717) is 6.08 Å². The maximum Gasteiger partial charge on any atom is 0.419 e. The van der Waals surface area contributed by atoms with Crippen LogP contribution in [0.2, 0.25) is 0 Å². The molecule has 1 aromatic carbocycles. The average molecular weight is 364 g/mol. The van der Waals surface area contributed by atoms with Crippen LogP contribution in [0.4, 0.5) is 13.2 Å². The van der Waals surface area contributed by atoms with Gasteiger partial charge in [0, 0.05) is 4.92 Å². The summed E-state index contributed by atoms with van der Waals surface area (Å²) < 4.78 is 43.8. The first kappa shape index (κ1) is 17.8.